The Bertz CT molecular complexity index is 469. The molecule has 1 aromatic rings. The van der Waals surface area contributed by atoms with E-state index in [9.17, 15) is 0 Å². The zero-order valence-electron chi connectivity index (χ0n) is 13.5. The number of hydrogen-bond acceptors (Lipinski definition) is 2. The molecule has 0 aromatic carbocycles. The molecule has 1 unspecified atom stereocenters. The van der Waals surface area contributed by atoms with E-state index in [1.54, 1.807) is 0 Å². The van der Waals surface area contributed by atoms with Gasteiger partial charge >= 0.3 is 0 Å². The Morgan fingerprint density at radius 1 is 1.24 bits per heavy atom. The Morgan fingerprint density at radius 2 is 1.86 bits per heavy atom. The molecule has 1 N–H and O–H groups in total. The van der Waals surface area contributed by atoms with Gasteiger partial charge in [0, 0.05) is 24.8 Å². The Balaban J connectivity index is 1.55. The van der Waals surface area contributed by atoms with E-state index >= 15 is 0 Å². The maximum Gasteiger partial charge on any atom is 0.0537 e. The summed E-state index contributed by atoms with van der Waals surface area (Å²) < 4.78 is 1.94. The van der Waals surface area contributed by atoms with Crippen molar-refractivity contribution in [3.05, 3.63) is 18.0 Å². The normalized spacial score (nSPS) is 38.9. The first-order valence-corrected chi connectivity index (χ1v) is 8.88. The minimum Gasteiger partial charge on any atom is -0.310 e. The van der Waals surface area contributed by atoms with Crippen molar-refractivity contribution < 1.29 is 0 Å². The van der Waals surface area contributed by atoms with Crippen molar-refractivity contribution >= 4 is 0 Å². The van der Waals surface area contributed by atoms with Crippen LogP contribution >= 0.6 is 0 Å². The van der Waals surface area contributed by atoms with Crippen LogP contribution in [0.3, 0.4) is 0 Å². The lowest BCUT2D eigenvalue weighted by Gasteiger charge is -2.57. The van der Waals surface area contributed by atoms with Crippen LogP contribution in [0.25, 0.3) is 0 Å². The molecule has 0 amide bonds. The molecule has 1 heterocycles. The van der Waals surface area contributed by atoms with Gasteiger partial charge in [-0.1, -0.05) is 6.92 Å². The molecule has 0 radical (unpaired) electrons. The zero-order valence-corrected chi connectivity index (χ0v) is 13.5. The van der Waals surface area contributed by atoms with Gasteiger partial charge in [-0.05, 0) is 74.7 Å². The predicted octanol–water partition coefficient (Wildman–Crippen LogP) is 3.68. The molecule has 1 atom stereocenters. The summed E-state index contributed by atoms with van der Waals surface area (Å²) in [6.45, 7) is 3.27. The molecule has 21 heavy (non-hydrogen) atoms. The van der Waals surface area contributed by atoms with Gasteiger partial charge in [0.15, 0.2) is 0 Å². The van der Waals surface area contributed by atoms with E-state index < -0.39 is 0 Å². The average molecular weight is 287 g/mol. The van der Waals surface area contributed by atoms with Crippen LogP contribution in [0.15, 0.2) is 12.4 Å². The first-order valence-electron chi connectivity index (χ1n) is 8.88. The Morgan fingerprint density at radius 3 is 2.33 bits per heavy atom. The first kappa shape index (κ1) is 13.8. The number of nitrogens with zero attached hydrogens (tertiary/aromatic N) is 2. The van der Waals surface area contributed by atoms with Crippen LogP contribution in [0.2, 0.25) is 0 Å². The van der Waals surface area contributed by atoms with Crippen molar-refractivity contribution in [3.8, 4) is 0 Å². The van der Waals surface area contributed by atoms with Crippen LogP contribution in [-0.4, -0.2) is 16.3 Å². The number of nitrogens with one attached hydrogen (secondary N) is 1. The number of hydrogen-bond donors (Lipinski definition) is 1. The summed E-state index contributed by atoms with van der Waals surface area (Å²) in [4.78, 5) is 0. The predicted molar refractivity (Wildman–Crippen MR) is 84.8 cm³/mol. The molecule has 4 fully saturated rings. The maximum atomic E-state index is 4.39. The molecule has 3 heteroatoms. The molecule has 0 spiro atoms. The summed E-state index contributed by atoms with van der Waals surface area (Å²) >= 11 is 0. The summed E-state index contributed by atoms with van der Waals surface area (Å²) in [7, 11) is 2.03. The number of aromatic nitrogens is 2. The van der Waals surface area contributed by atoms with Crippen molar-refractivity contribution in [1.29, 1.82) is 0 Å². The van der Waals surface area contributed by atoms with E-state index in [4.69, 9.17) is 0 Å². The molecule has 4 saturated carbocycles. The largest absolute Gasteiger partial charge is 0.310 e. The molecular weight excluding hydrogens is 258 g/mol. The Labute approximate surface area is 128 Å². The molecule has 4 aliphatic carbocycles. The second-order valence-electron chi connectivity index (χ2n) is 8.18. The molecule has 5 rings (SSSR count). The van der Waals surface area contributed by atoms with E-state index in [1.807, 2.05) is 11.7 Å². The SMILES string of the molecule is CCNC(CC12CC3CC(CC(C3)C1)C2)c1cnn(C)c1. The highest BCUT2D eigenvalue weighted by Gasteiger charge is 2.51. The Hall–Kier alpha value is -0.830. The summed E-state index contributed by atoms with van der Waals surface area (Å²) in [6, 6.07) is 0.500. The smallest absolute Gasteiger partial charge is 0.0537 e. The van der Waals surface area contributed by atoms with Crippen LogP contribution < -0.4 is 5.32 Å². The molecular formula is C18H29N3. The second kappa shape index (κ2) is 5.12. The third-order valence-corrected chi connectivity index (χ3v) is 6.38. The minimum atomic E-state index is 0.500. The van der Waals surface area contributed by atoms with Gasteiger partial charge in [0.2, 0.25) is 0 Å². The van der Waals surface area contributed by atoms with Gasteiger partial charge in [-0.3, -0.25) is 4.68 Å². The molecule has 4 bridgehead atoms. The molecule has 0 aliphatic heterocycles. The lowest BCUT2D eigenvalue weighted by Crippen LogP contribution is -2.47. The third-order valence-electron chi connectivity index (χ3n) is 6.38. The molecule has 4 aliphatic rings. The van der Waals surface area contributed by atoms with E-state index in [-0.39, 0.29) is 0 Å². The average Bonchev–Trinajstić information content (AvgIpc) is 2.83. The van der Waals surface area contributed by atoms with Gasteiger partial charge in [-0.15, -0.1) is 0 Å². The van der Waals surface area contributed by atoms with Crippen molar-refractivity contribution in [3.63, 3.8) is 0 Å². The lowest BCUT2D eigenvalue weighted by molar-refractivity contribution is -0.0622. The van der Waals surface area contributed by atoms with Crippen molar-refractivity contribution in [1.82, 2.24) is 15.1 Å². The van der Waals surface area contributed by atoms with Crippen molar-refractivity contribution in [2.45, 2.75) is 57.9 Å². The van der Waals surface area contributed by atoms with E-state index in [0.29, 0.717) is 11.5 Å². The van der Waals surface area contributed by atoms with Crippen LogP contribution in [0, 0.1) is 23.2 Å². The molecule has 0 saturated heterocycles. The van der Waals surface area contributed by atoms with Gasteiger partial charge < -0.3 is 5.32 Å². The number of aryl methyl sites for hydroxylation is 1. The summed E-state index contributed by atoms with van der Waals surface area (Å²) in [6.07, 6.45) is 14.7. The fourth-order valence-electron chi connectivity index (χ4n) is 6.15. The van der Waals surface area contributed by atoms with Gasteiger partial charge in [0.1, 0.15) is 0 Å². The standard InChI is InChI=1S/C18H29N3/c1-3-19-17(16-11-20-21(2)12-16)10-18-7-13-4-14(8-18)6-15(5-13)9-18/h11-15,17,19H,3-10H2,1-2H3. The van der Waals surface area contributed by atoms with E-state index in [1.165, 1.54) is 50.5 Å². The first-order chi connectivity index (χ1) is 10.2. The van der Waals surface area contributed by atoms with E-state index in [2.05, 4.69) is 29.7 Å². The molecule has 1 aromatic heterocycles. The minimum absolute atomic E-state index is 0.500. The monoisotopic (exact) mass is 287 g/mol. The van der Waals surface area contributed by atoms with Gasteiger partial charge in [-0.25, -0.2) is 0 Å². The fourth-order valence-corrected chi connectivity index (χ4v) is 6.15. The lowest BCUT2D eigenvalue weighted by atomic mass is 9.48. The van der Waals surface area contributed by atoms with Crippen molar-refractivity contribution in [2.75, 3.05) is 6.54 Å². The van der Waals surface area contributed by atoms with Crippen LogP contribution in [0.4, 0.5) is 0 Å². The quantitative estimate of drug-likeness (QED) is 0.895. The fraction of sp³-hybridized carbons (Fsp3) is 0.833. The van der Waals surface area contributed by atoms with E-state index in [0.717, 1.165) is 24.3 Å². The highest BCUT2D eigenvalue weighted by atomic mass is 15.2. The highest BCUT2D eigenvalue weighted by Crippen LogP contribution is 2.62. The summed E-state index contributed by atoms with van der Waals surface area (Å²) in [5, 5.41) is 8.12. The van der Waals surface area contributed by atoms with Crippen LogP contribution in [0.1, 0.15) is 63.5 Å². The van der Waals surface area contributed by atoms with Crippen molar-refractivity contribution in [2.24, 2.45) is 30.2 Å². The zero-order chi connectivity index (χ0) is 14.4. The van der Waals surface area contributed by atoms with Gasteiger partial charge in [0.05, 0.1) is 6.20 Å². The van der Waals surface area contributed by atoms with Gasteiger partial charge in [-0.2, -0.15) is 5.10 Å². The molecule has 116 valence electrons. The highest BCUT2D eigenvalue weighted by molar-refractivity contribution is 5.13. The van der Waals surface area contributed by atoms with Crippen LogP contribution in [0.5, 0.6) is 0 Å². The third kappa shape index (κ3) is 2.54. The molecule has 3 nitrogen and oxygen atoms in total. The second-order valence-corrected chi connectivity index (χ2v) is 8.18. The summed E-state index contributed by atoms with van der Waals surface area (Å²) in [5.41, 5.74) is 2.02. The van der Waals surface area contributed by atoms with Crippen LogP contribution in [-0.2, 0) is 7.05 Å². The summed E-state index contributed by atoms with van der Waals surface area (Å²) in [5.74, 6) is 3.15. The maximum absolute atomic E-state index is 4.39. The van der Waals surface area contributed by atoms with Gasteiger partial charge in [0.25, 0.3) is 0 Å². The number of rotatable bonds is 5. The topological polar surface area (TPSA) is 29.9 Å². The Kier molecular flexibility index (Phi) is 3.36.